The van der Waals surface area contributed by atoms with Crippen LogP contribution >= 0.6 is 0 Å². The van der Waals surface area contributed by atoms with Gasteiger partial charge in [0.05, 0.1) is 5.56 Å². The SMILES string of the molecule is Cn1nc(CCC(=O)CCC2CCCC2)nc1-c1ccc(F)cc1F. The molecule has 0 atom stereocenters. The van der Waals surface area contributed by atoms with Crippen LogP contribution in [0.1, 0.15) is 50.8 Å². The summed E-state index contributed by atoms with van der Waals surface area (Å²) >= 11 is 0. The molecule has 6 heteroatoms. The van der Waals surface area contributed by atoms with Crippen LogP contribution in [-0.2, 0) is 18.3 Å². The van der Waals surface area contributed by atoms with E-state index in [0.29, 0.717) is 36.8 Å². The predicted octanol–water partition coefficient (Wildman–Crippen LogP) is 4.23. The number of Topliss-reactive ketones (excluding diaryl/α,β-unsaturated/α-hetero) is 1. The molecule has 1 heterocycles. The van der Waals surface area contributed by atoms with E-state index >= 15 is 0 Å². The lowest BCUT2D eigenvalue weighted by Crippen LogP contribution is -2.04. The topological polar surface area (TPSA) is 47.8 Å². The molecule has 0 radical (unpaired) electrons. The van der Waals surface area contributed by atoms with Gasteiger partial charge in [0, 0.05) is 32.4 Å². The second-order valence-corrected chi connectivity index (χ2v) is 6.83. The average Bonchev–Trinajstić information content (AvgIpc) is 3.21. The van der Waals surface area contributed by atoms with Crippen LogP contribution < -0.4 is 0 Å². The fourth-order valence-electron chi connectivity index (χ4n) is 3.49. The summed E-state index contributed by atoms with van der Waals surface area (Å²) in [5, 5.41) is 4.25. The van der Waals surface area contributed by atoms with Crippen molar-refractivity contribution in [3.8, 4) is 11.4 Å². The number of carbonyl (C=O) groups is 1. The van der Waals surface area contributed by atoms with Crippen molar-refractivity contribution < 1.29 is 13.6 Å². The fourth-order valence-corrected chi connectivity index (χ4v) is 3.49. The Labute approximate surface area is 146 Å². The minimum absolute atomic E-state index is 0.204. The average molecular weight is 347 g/mol. The van der Waals surface area contributed by atoms with Gasteiger partial charge in [0.2, 0.25) is 0 Å². The van der Waals surface area contributed by atoms with Gasteiger partial charge in [-0.05, 0) is 24.5 Å². The lowest BCUT2D eigenvalue weighted by atomic mass is 9.99. The summed E-state index contributed by atoms with van der Waals surface area (Å²) in [7, 11) is 1.66. The zero-order valence-corrected chi connectivity index (χ0v) is 14.5. The molecule has 0 bridgehead atoms. The van der Waals surface area contributed by atoms with E-state index in [-0.39, 0.29) is 11.3 Å². The molecule has 0 N–H and O–H groups in total. The Hall–Kier alpha value is -2.11. The van der Waals surface area contributed by atoms with Crippen molar-refractivity contribution in [3.05, 3.63) is 35.7 Å². The molecule has 1 aromatic carbocycles. The van der Waals surface area contributed by atoms with Crippen LogP contribution in [0.3, 0.4) is 0 Å². The number of hydrogen-bond donors (Lipinski definition) is 0. The fraction of sp³-hybridized carbons (Fsp3) is 0.526. The second kappa shape index (κ2) is 7.85. The summed E-state index contributed by atoms with van der Waals surface area (Å²) in [5.41, 5.74) is 0.204. The number of halogens is 2. The molecule has 1 aromatic heterocycles. The number of aryl methyl sites for hydroxylation is 2. The number of nitrogens with zero attached hydrogens (tertiary/aromatic N) is 3. The van der Waals surface area contributed by atoms with E-state index in [9.17, 15) is 13.6 Å². The lowest BCUT2D eigenvalue weighted by molar-refractivity contribution is -0.119. The van der Waals surface area contributed by atoms with Gasteiger partial charge >= 0.3 is 0 Å². The quantitative estimate of drug-likeness (QED) is 0.753. The largest absolute Gasteiger partial charge is 0.300 e. The van der Waals surface area contributed by atoms with Gasteiger partial charge in [0.1, 0.15) is 17.4 Å². The summed E-state index contributed by atoms with van der Waals surface area (Å²) in [5.74, 6) is 0.492. The van der Waals surface area contributed by atoms with Gasteiger partial charge in [-0.1, -0.05) is 25.7 Å². The summed E-state index contributed by atoms with van der Waals surface area (Å²) in [6, 6.07) is 3.38. The highest BCUT2D eigenvalue weighted by Gasteiger charge is 2.17. The molecule has 0 amide bonds. The van der Waals surface area contributed by atoms with Gasteiger partial charge in [-0.15, -0.1) is 0 Å². The third-order valence-electron chi connectivity index (χ3n) is 4.91. The molecule has 1 saturated carbocycles. The number of ketones is 1. The van der Waals surface area contributed by atoms with Crippen molar-refractivity contribution in [2.75, 3.05) is 0 Å². The highest BCUT2D eigenvalue weighted by Crippen LogP contribution is 2.28. The molecule has 25 heavy (non-hydrogen) atoms. The van der Waals surface area contributed by atoms with E-state index in [1.165, 1.54) is 42.5 Å². The molecule has 0 unspecified atom stereocenters. The first-order valence-electron chi connectivity index (χ1n) is 8.90. The molecule has 0 saturated heterocycles. The molecule has 1 aliphatic rings. The van der Waals surface area contributed by atoms with E-state index < -0.39 is 11.6 Å². The Morgan fingerprint density at radius 1 is 1.24 bits per heavy atom. The van der Waals surface area contributed by atoms with Crippen LogP contribution in [0, 0.1) is 17.6 Å². The first-order chi connectivity index (χ1) is 12.0. The summed E-state index contributed by atoms with van der Waals surface area (Å²) in [4.78, 5) is 16.4. The monoisotopic (exact) mass is 347 g/mol. The second-order valence-electron chi connectivity index (χ2n) is 6.83. The maximum absolute atomic E-state index is 13.9. The molecule has 0 spiro atoms. The number of hydrogen-bond acceptors (Lipinski definition) is 3. The van der Waals surface area contributed by atoms with E-state index in [1.807, 2.05) is 0 Å². The summed E-state index contributed by atoms with van der Waals surface area (Å²) < 4.78 is 28.4. The highest BCUT2D eigenvalue weighted by atomic mass is 19.1. The molecule has 2 aromatic rings. The number of rotatable bonds is 7. The zero-order valence-electron chi connectivity index (χ0n) is 14.5. The van der Waals surface area contributed by atoms with Gasteiger partial charge in [0.25, 0.3) is 0 Å². The van der Waals surface area contributed by atoms with Crippen molar-refractivity contribution in [2.24, 2.45) is 13.0 Å². The van der Waals surface area contributed by atoms with Crippen LogP contribution in [0.15, 0.2) is 18.2 Å². The van der Waals surface area contributed by atoms with Gasteiger partial charge in [-0.2, -0.15) is 5.10 Å². The Bertz CT molecular complexity index is 751. The van der Waals surface area contributed by atoms with Gasteiger partial charge in [-0.3, -0.25) is 4.79 Å². The predicted molar refractivity (Wildman–Crippen MR) is 90.9 cm³/mol. The maximum Gasteiger partial charge on any atom is 0.161 e. The standard InChI is InChI=1S/C19H23F2N3O/c1-24-19(16-10-7-14(20)12-17(16)21)22-18(23-24)11-9-15(25)8-6-13-4-2-3-5-13/h7,10,12-13H,2-6,8-9,11H2,1H3. The third kappa shape index (κ3) is 4.50. The molecular formula is C19H23F2N3O. The van der Waals surface area contributed by atoms with Crippen LogP contribution in [0.4, 0.5) is 8.78 Å². The van der Waals surface area contributed by atoms with Crippen molar-refractivity contribution in [3.63, 3.8) is 0 Å². The Morgan fingerprint density at radius 3 is 2.72 bits per heavy atom. The first kappa shape index (κ1) is 17.7. The van der Waals surface area contributed by atoms with Crippen molar-refractivity contribution in [1.29, 1.82) is 0 Å². The van der Waals surface area contributed by atoms with E-state index in [0.717, 1.165) is 12.5 Å². The number of aromatic nitrogens is 3. The van der Waals surface area contributed by atoms with Crippen molar-refractivity contribution in [2.45, 2.75) is 51.4 Å². The first-order valence-corrected chi connectivity index (χ1v) is 8.90. The normalized spacial score (nSPS) is 15.0. The van der Waals surface area contributed by atoms with Crippen LogP contribution in [0.25, 0.3) is 11.4 Å². The molecule has 134 valence electrons. The zero-order chi connectivity index (χ0) is 17.8. The number of carbonyl (C=O) groups excluding carboxylic acids is 1. The minimum atomic E-state index is -0.672. The number of benzene rings is 1. The summed E-state index contributed by atoms with van der Waals surface area (Å²) in [6.07, 6.45) is 7.54. The van der Waals surface area contributed by atoms with Crippen molar-refractivity contribution >= 4 is 5.78 Å². The Kier molecular flexibility index (Phi) is 5.56. The van der Waals surface area contributed by atoms with E-state index in [1.54, 1.807) is 7.05 Å². The summed E-state index contributed by atoms with van der Waals surface area (Å²) in [6.45, 7) is 0. The third-order valence-corrected chi connectivity index (χ3v) is 4.91. The minimum Gasteiger partial charge on any atom is -0.300 e. The molecule has 0 aliphatic heterocycles. The lowest BCUT2D eigenvalue weighted by Gasteiger charge is -2.06. The Morgan fingerprint density at radius 2 is 2.00 bits per heavy atom. The van der Waals surface area contributed by atoms with Crippen molar-refractivity contribution in [1.82, 2.24) is 14.8 Å². The molecule has 1 aliphatic carbocycles. The highest BCUT2D eigenvalue weighted by molar-refractivity contribution is 5.78. The molecule has 4 nitrogen and oxygen atoms in total. The van der Waals surface area contributed by atoms with Crippen LogP contribution in [0.5, 0.6) is 0 Å². The van der Waals surface area contributed by atoms with Gasteiger partial charge in [-0.25, -0.2) is 18.4 Å². The van der Waals surface area contributed by atoms with E-state index in [4.69, 9.17) is 0 Å². The van der Waals surface area contributed by atoms with Crippen LogP contribution in [-0.4, -0.2) is 20.5 Å². The van der Waals surface area contributed by atoms with Gasteiger partial charge < -0.3 is 0 Å². The van der Waals surface area contributed by atoms with E-state index in [2.05, 4.69) is 10.1 Å². The molecule has 1 fully saturated rings. The van der Waals surface area contributed by atoms with Gasteiger partial charge in [0.15, 0.2) is 11.6 Å². The molecule has 3 rings (SSSR count). The smallest absolute Gasteiger partial charge is 0.161 e. The maximum atomic E-state index is 13.9. The Balaban J connectivity index is 1.57. The van der Waals surface area contributed by atoms with Crippen LogP contribution in [0.2, 0.25) is 0 Å². The molecular weight excluding hydrogens is 324 g/mol.